The van der Waals surface area contributed by atoms with E-state index in [0.717, 1.165) is 25.0 Å². The summed E-state index contributed by atoms with van der Waals surface area (Å²) in [4.78, 5) is 51.0. The number of aromatic nitrogens is 2. The van der Waals surface area contributed by atoms with Gasteiger partial charge in [-0.1, -0.05) is 0 Å². The molecule has 2 aromatic rings. The second-order valence-electron chi connectivity index (χ2n) is 11.1. The number of benzene rings is 1. The van der Waals surface area contributed by atoms with Crippen molar-refractivity contribution in [1.82, 2.24) is 25.5 Å². The summed E-state index contributed by atoms with van der Waals surface area (Å²) in [6.07, 6.45) is 2.41. The van der Waals surface area contributed by atoms with Crippen LogP contribution in [0.1, 0.15) is 40.0 Å². The van der Waals surface area contributed by atoms with Gasteiger partial charge < -0.3 is 35.4 Å². The Hall–Kier alpha value is -4.16. The summed E-state index contributed by atoms with van der Waals surface area (Å²) in [5, 5.41) is 8.83. The van der Waals surface area contributed by atoms with Crippen molar-refractivity contribution in [2.75, 3.05) is 74.6 Å². The Kier molecular flexibility index (Phi) is 11.0. The topological polar surface area (TPSA) is 132 Å². The number of hydrogen-bond acceptors (Lipinski definition) is 9. The number of hydrogen-bond donors (Lipinski definition) is 3. The fraction of sp³-hybridized carbons (Fsp3) is 0.567. The van der Waals surface area contributed by atoms with Crippen LogP contribution in [0, 0.1) is 17.7 Å². The molecule has 4 rings (SSSR count). The molecule has 2 aliphatic heterocycles. The molecule has 13 heteroatoms. The van der Waals surface area contributed by atoms with Crippen molar-refractivity contribution >= 4 is 40.9 Å². The molecule has 0 saturated carbocycles. The molecule has 2 aliphatic rings. The van der Waals surface area contributed by atoms with E-state index in [-0.39, 0.29) is 41.3 Å². The highest BCUT2D eigenvalue weighted by molar-refractivity contribution is 5.77. The van der Waals surface area contributed by atoms with E-state index in [4.69, 9.17) is 4.74 Å². The van der Waals surface area contributed by atoms with Crippen LogP contribution >= 0.6 is 0 Å². The summed E-state index contributed by atoms with van der Waals surface area (Å²) in [6.45, 7) is 10.0. The lowest BCUT2D eigenvalue weighted by molar-refractivity contribution is -0.129. The highest BCUT2D eigenvalue weighted by atomic mass is 19.1. The van der Waals surface area contributed by atoms with Gasteiger partial charge in [0.15, 0.2) is 11.6 Å². The van der Waals surface area contributed by atoms with Gasteiger partial charge in [-0.3, -0.25) is 14.4 Å². The summed E-state index contributed by atoms with van der Waals surface area (Å²) in [7, 11) is 1.58. The highest BCUT2D eigenvalue weighted by Gasteiger charge is 2.32. The third kappa shape index (κ3) is 8.45. The summed E-state index contributed by atoms with van der Waals surface area (Å²) in [6, 6.07) is 5.74. The number of carbonyl (C=O) groups is 3. The number of rotatable bonds is 11. The Labute approximate surface area is 252 Å². The SMILES string of the molecule is CCNC(=O)C[C@@H]1C[C@H](CC(=O)NCC)CN(c2nc(Nc3ccc(N4CCN(C(C)=O)CC4)cc3OC)ncc2F)C1. The van der Waals surface area contributed by atoms with Crippen LogP contribution < -0.4 is 30.5 Å². The Morgan fingerprint density at radius 2 is 1.60 bits per heavy atom. The molecule has 0 unspecified atom stereocenters. The second kappa shape index (κ2) is 14.8. The zero-order valence-electron chi connectivity index (χ0n) is 25.5. The number of nitrogens with zero attached hydrogens (tertiary/aromatic N) is 5. The van der Waals surface area contributed by atoms with E-state index < -0.39 is 5.82 Å². The molecular formula is C30H43FN8O4. The number of methoxy groups -OCH3 is 1. The predicted molar refractivity (Wildman–Crippen MR) is 163 cm³/mol. The summed E-state index contributed by atoms with van der Waals surface area (Å²) < 4.78 is 20.8. The minimum Gasteiger partial charge on any atom is -0.494 e. The van der Waals surface area contributed by atoms with Crippen molar-refractivity contribution in [3.63, 3.8) is 0 Å². The van der Waals surface area contributed by atoms with Crippen molar-refractivity contribution in [2.45, 2.75) is 40.0 Å². The van der Waals surface area contributed by atoms with Crippen molar-refractivity contribution in [3.8, 4) is 5.75 Å². The minimum absolute atomic E-state index is 0.0598. The van der Waals surface area contributed by atoms with Gasteiger partial charge in [-0.2, -0.15) is 4.98 Å². The lowest BCUT2D eigenvalue weighted by Gasteiger charge is -2.38. The molecule has 0 radical (unpaired) electrons. The van der Waals surface area contributed by atoms with Crippen molar-refractivity contribution in [2.24, 2.45) is 11.8 Å². The van der Waals surface area contributed by atoms with E-state index in [9.17, 15) is 14.4 Å². The quantitative estimate of drug-likeness (QED) is 0.357. The average Bonchev–Trinajstić information content (AvgIpc) is 2.98. The Morgan fingerprint density at radius 3 is 2.16 bits per heavy atom. The van der Waals surface area contributed by atoms with Gasteiger partial charge >= 0.3 is 0 Å². The first kappa shape index (κ1) is 31.8. The van der Waals surface area contributed by atoms with Crippen LogP contribution in [0.5, 0.6) is 5.75 Å². The largest absolute Gasteiger partial charge is 0.494 e. The first-order valence-electron chi connectivity index (χ1n) is 15.0. The van der Waals surface area contributed by atoms with Gasteiger partial charge in [-0.25, -0.2) is 9.37 Å². The Balaban J connectivity index is 1.51. The standard InChI is InChI=1S/C30H43FN8O4/c1-5-32-27(41)14-21-13-22(15-28(42)33-6-2)19-39(18-21)29-24(31)17-34-30(36-29)35-25-8-7-23(16-26(25)43-4)38-11-9-37(10-12-38)20(3)40/h7-8,16-17,21-22H,5-6,9-15,18-19H2,1-4H3,(H,32,41)(H,33,42)(H,34,35,36)/t21-,22+. The second-order valence-corrected chi connectivity index (χ2v) is 11.1. The molecular weight excluding hydrogens is 555 g/mol. The van der Waals surface area contributed by atoms with Gasteiger partial charge in [0.25, 0.3) is 0 Å². The fourth-order valence-electron chi connectivity index (χ4n) is 5.87. The number of halogens is 1. The lowest BCUT2D eigenvalue weighted by Crippen LogP contribution is -2.48. The molecule has 43 heavy (non-hydrogen) atoms. The van der Waals surface area contributed by atoms with Gasteiger partial charge in [0.05, 0.1) is 19.0 Å². The van der Waals surface area contributed by atoms with Gasteiger partial charge in [0, 0.05) is 83.9 Å². The van der Waals surface area contributed by atoms with E-state index in [0.29, 0.717) is 70.0 Å². The number of amides is 3. The van der Waals surface area contributed by atoms with Crippen LogP contribution in [-0.4, -0.2) is 92.1 Å². The van der Waals surface area contributed by atoms with Gasteiger partial charge in [0.1, 0.15) is 5.75 Å². The maximum Gasteiger partial charge on any atom is 0.229 e. The van der Waals surface area contributed by atoms with Crippen LogP contribution in [0.4, 0.5) is 27.5 Å². The van der Waals surface area contributed by atoms with Gasteiger partial charge in [-0.05, 0) is 44.2 Å². The average molecular weight is 599 g/mol. The molecule has 2 saturated heterocycles. The number of ether oxygens (including phenoxy) is 1. The minimum atomic E-state index is -0.576. The summed E-state index contributed by atoms with van der Waals surface area (Å²) in [5.41, 5.74) is 1.59. The van der Waals surface area contributed by atoms with Crippen molar-refractivity contribution in [1.29, 1.82) is 0 Å². The van der Waals surface area contributed by atoms with Crippen LogP contribution in [0.2, 0.25) is 0 Å². The number of nitrogens with one attached hydrogen (secondary N) is 3. The van der Waals surface area contributed by atoms with Crippen LogP contribution in [0.15, 0.2) is 24.4 Å². The molecule has 0 bridgehead atoms. The number of piperidine rings is 1. The predicted octanol–water partition coefficient (Wildman–Crippen LogP) is 2.53. The molecule has 2 atom stereocenters. The molecule has 1 aromatic carbocycles. The van der Waals surface area contributed by atoms with E-state index in [2.05, 4.69) is 30.8 Å². The van der Waals surface area contributed by atoms with Crippen molar-refractivity contribution < 1.29 is 23.5 Å². The number of anilines is 4. The van der Waals surface area contributed by atoms with E-state index in [1.807, 2.05) is 41.8 Å². The van der Waals surface area contributed by atoms with Gasteiger partial charge in [-0.15, -0.1) is 0 Å². The van der Waals surface area contributed by atoms with Crippen LogP contribution in [-0.2, 0) is 14.4 Å². The molecule has 3 N–H and O–H groups in total. The van der Waals surface area contributed by atoms with Crippen LogP contribution in [0.3, 0.4) is 0 Å². The number of carbonyl (C=O) groups excluding carboxylic acids is 3. The molecule has 234 valence electrons. The zero-order valence-corrected chi connectivity index (χ0v) is 25.5. The molecule has 2 fully saturated rings. The first-order chi connectivity index (χ1) is 20.7. The number of piperazine rings is 1. The van der Waals surface area contributed by atoms with Crippen molar-refractivity contribution in [3.05, 3.63) is 30.2 Å². The molecule has 0 spiro atoms. The zero-order chi connectivity index (χ0) is 30.9. The molecule has 0 aliphatic carbocycles. The third-order valence-electron chi connectivity index (χ3n) is 7.87. The molecule has 3 heterocycles. The fourth-order valence-corrected chi connectivity index (χ4v) is 5.87. The maximum absolute atomic E-state index is 15.2. The third-order valence-corrected chi connectivity index (χ3v) is 7.87. The Bertz CT molecular complexity index is 1260. The van der Waals surface area contributed by atoms with E-state index in [1.165, 1.54) is 0 Å². The summed E-state index contributed by atoms with van der Waals surface area (Å²) in [5.74, 6) is 0.152. The summed E-state index contributed by atoms with van der Waals surface area (Å²) >= 11 is 0. The monoisotopic (exact) mass is 598 g/mol. The molecule has 1 aromatic heterocycles. The lowest BCUT2D eigenvalue weighted by atomic mass is 9.85. The van der Waals surface area contributed by atoms with E-state index >= 15 is 4.39 Å². The highest BCUT2D eigenvalue weighted by Crippen LogP contribution is 2.34. The smallest absolute Gasteiger partial charge is 0.229 e. The molecule has 3 amide bonds. The normalized spacial score (nSPS) is 18.7. The molecule has 12 nitrogen and oxygen atoms in total. The Morgan fingerprint density at radius 1 is 0.977 bits per heavy atom. The van der Waals surface area contributed by atoms with Crippen LogP contribution in [0.25, 0.3) is 0 Å². The maximum atomic E-state index is 15.2. The first-order valence-corrected chi connectivity index (χ1v) is 15.0. The van der Waals surface area contributed by atoms with E-state index in [1.54, 1.807) is 14.0 Å². The van der Waals surface area contributed by atoms with Gasteiger partial charge in [0.2, 0.25) is 23.7 Å².